The summed E-state index contributed by atoms with van der Waals surface area (Å²) in [5.41, 5.74) is 0. The van der Waals surface area contributed by atoms with E-state index in [1.54, 1.807) is 0 Å². The highest BCUT2D eigenvalue weighted by molar-refractivity contribution is 5.74. The maximum absolute atomic E-state index is 12.3. The van der Waals surface area contributed by atoms with Gasteiger partial charge in [-0.3, -0.25) is 0 Å². The van der Waals surface area contributed by atoms with E-state index in [0.717, 1.165) is 26.2 Å². The Balaban J connectivity index is 1.72. The Morgan fingerprint density at radius 3 is 2.11 bits per heavy atom. The molecule has 4 heteroatoms. The Kier molecular flexibility index (Phi) is 5.29. The summed E-state index contributed by atoms with van der Waals surface area (Å²) in [6.45, 7) is 6.24. The van der Waals surface area contributed by atoms with Crippen LogP contribution in [0.25, 0.3) is 0 Å². The van der Waals surface area contributed by atoms with Crippen LogP contribution >= 0.6 is 0 Å². The third kappa shape index (κ3) is 3.87. The van der Waals surface area contributed by atoms with Crippen LogP contribution in [0.1, 0.15) is 38.5 Å². The van der Waals surface area contributed by atoms with Crippen LogP contribution in [0.4, 0.5) is 4.79 Å². The third-order valence-corrected chi connectivity index (χ3v) is 4.15. The van der Waals surface area contributed by atoms with Gasteiger partial charge in [-0.05, 0) is 38.8 Å². The summed E-state index contributed by atoms with van der Waals surface area (Å²) in [5.74, 6) is 0. The fourth-order valence-electron chi connectivity index (χ4n) is 2.90. The van der Waals surface area contributed by atoms with Gasteiger partial charge in [0.1, 0.15) is 0 Å². The van der Waals surface area contributed by atoms with Crippen LogP contribution in [0.3, 0.4) is 0 Å². The summed E-state index contributed by atoms with van der Waals surface area (Å²) in [7, 11) is 1.95. The summed E-state index contributed by atoms with van der Waals surface area (Å²) in [5, 5.41) is 0. The van der Waals surface area contributed by atoms with E-state index in [4.69, 9.17) is 0 Å². The summed E-state index contributed by atoms with van der Waals surface area (Å²) in [6.07, 6.45) is 7.55. The zero-order chi connectivity index (χ0) is 12.8. The standard InChI is InChI=1S/C14H27N3O/c1-15(12-13-16-8-6-7-9-16)14(18)17-10-4-2-3-5-11-17/h2-13H2,1H3. The van der Waals surface area contributed by atoms with E-state index in [0.29, 0.717) is 0 Å². The molecule has 2 amide bonds. The number of carbonyl (C=O) groups is 1. The van der Waals surface area contributed by atoms with E-state index in [2.05, 4.69) is 4.90 Å². The fourth-order valence-corrected chi connectivity index (χ4v) is 2.90. The number of amides is 2. The molecule has 0 aromatic heterocycles. The lowest BCUT2D eigenvalue weighted by molar-refractivity contribution is 0.159. The molecule has 2 heterocycles. The van der Waals surface area contributed by atoms with Gasteiger partial charge in [0.25, 0.3) is 0 Å². The molecule has 2 rings (SSSR count). The van der Waals surface area contributed by atoms with Crippen molar-refractivity contribution in [2.24, 2.45) is 0 Å². The Hall–Kier alpha value is -0.770. The molecule has 4 nitrogen and oxygen atoms in total. The minimum absolute atomic E-state index is 0.232. The molecule has 2 fully saturated rings. The summed E-state index contributed by atoms with van der Waals surface area (Å²) in [4.78, 5) is 18.7. The Morgan fingerprint density at radius 2 is 1.50 bits per heavy atom. The van der Waals surface area contributed by atoms with E-state index in [9.17, 15) is 4.79 Å². The maximum atomic E-state index is 12.3. The number of likely N-dealkylation sites (N-methyl/N-ethyl adjacent to an activating group) is 1. The summed E-state index contributed by atoms with van der Waals surface area (Å²) >= 11 is 0. The highest BCUT2D eigenvalue weighted by atomic mass is 16.2. The molecular weight excluding hydrogens is 226 g/mol. The number of carbonyl (C=O) groups excluding carboxylic acids is 1. The number of rotatable bonds is 3. The van der Waals surface area contributed by atoms with Crippen LogP contribution in [-0.4, -0.2) is 67.0 Å². The first-order valence-electron chi connectivity index (χ1n) is 7.50. The van der Waals surface area contributed by atoms with E-state index in [-0.39, 0.29) is 6.03 Å². The quantitative estimate of drug-likeness (QED) is 0.769. The average molecular weight is 253 g/mol. The van der Waals surface area contributed by atoms with E-state index in [1.807, 2.05) is 16.8 Å². The zero-order valence-corrected chi connectivity index (χ0v) is 11.7. The van der Waals surface area contributed by atoms with Gasteiger partial charge in [0, 0.05) is 33.2 Å². The SMILES string of the molecule is CN(CCN1CCCC1)C(=O)N1CCCCCC1. The molecule has 0 unspecified atom stereocenters. The number of hydrogen-bond acceptors (Lipinski definition) is 2. The summed E-state index contributed by atoms with van der Waals surface area (Å²) in [6, 6.07) is 0.232. The van der Waals surface area contributed by atoms with E-state index < -0.39 is 0 Å². The normalized spacial score (nSPS) is 21.9. The van der Waals surface area contributed by atoms with Crippen LogP contribution in [0.15, 0.2) is 0 Å². The number of hydrogen-bond donors (Lipinski definition) is 0. The van der Waals surface area contributed by atoms with Crippen molar-refractivity contribution in [2.45, 2.75) is 38.5 Å². The second-order valence-corrected chi connectivity index (χ2v) is 5.65. The first-order valence-corrected chi connectivity index (χ1v) is 7.50. The van der Waals surface area contributed by atoms with Crippen molar-refractivity contribution in [3.05, 3.63) is 0 Å². The van der Waals surface area contributed by atoms with Gasteiger partial charge >= 0.3 is 6.03 Å². The van der Waals surface area contributed by atoms with Crippen LogP contribution < -0.4 is 0 Å². The highest BCUT2D eigenvalue weighted by Crippen LogP contribution is 2.12. The lowest BCUT2D eigenvalue weighted by Crippen LogP contribution is -2.44. The molecule has 0 saturated carbocycles. The van der Waals surface area contributed by atoms with Gasteiger partial charge in [-0.2, -0.15) is 0 Å². The summed E-state index contributed by atoms with van der Waals surface area (Å²) < 4.78 is 0. The van der Waals surface area contributed by atoms with Gasteiger partial charge in [0.2, 0.25) is 0 Å². The van der Waals surface area contributed by atoms with Gasteiger partial charge in [0.15, 0.2) is 0 Å². The maximum Gasteiger partial charge on any atom is 0.319 e. The van der Waals surface area contributed by atoms with E-state index >= 15 is 0 Å². The number of nitrogens with zero attached hydrogens (tertiary/aromatic N) is 3. The predicted octanol–water partition coefficient (Wildman–Crippen LogP) is 2.01. The molecule has 0 aromatic carbocycles. The molecule has 0 bridgehead atoms. The van der Waals surface area contributed by atoms with Gasteiger partial charge in [-0.25, -0.2) is 4.79 Å². The minimum Gasteiger partial charge on any atom is -0.326 e. The van der Waals surface area contributed by atoms with Crippen molar-refractivity contribution >= 4 is 6.03 Å². The van der Waals surface area contributed by atoms with Gasteiger partial charge in [-0.15, -0.1) is 0 Å². The Labute approximate surface area is 111 Å². The molecule has 104 valence electrons. The lowest BCUT2D eigenvalue weighted by Gasteiger charge is -2.28. The molecule has 0 spiro atoms. The molecule has 0 atom stereocenters. The highest BCUT2D eigenvalue weighted by Gasteiger charge is 2.20. The van der Waals surface area contributed by atoms with Crippen molar-refractivity contribution in [1.82, 2.24) is 14.7 Å². The lowest BCUT2D eigenvalue weighted by atomic mass is 10.2. The number of urea groups is 1. The minimum atomic E-state index is 0.232. The molecule has 2 aliphatic heterocycles. The Morgan fingerprint density at radius 1 is 0.944 bits per heavy atom. The second-order valence-electron chi connectivity index (χ2n) is 5.65. The number of likely N-dealkylation sites (tertiary alicyclic amines) is 2. The first kappa shape index (κ1) is 13.7. The third-order valence-electron chi connectivity index (χ3n) is 4.15. The predicted molar refractivity (Wildman–Crippen MR) is 73.7 cm³/mol. The van der Waals surface area contributed by atoms with Gasteiger partial charge < -0.3 is 14.7 Å². The van der Waals surface area contributed by atoms with Crippen molar-refractivity contribution < 1.29 is 4.79 Å². The van der Waals surface area contributed by atoms with E-state index in [1.165, 1.54) is 51.6 Å². The Bertz CT molecular complexity index is 256. The molecule has 0 radical (unpaired) electrons. The zero-order valence-electron chi connectivity index (χ0n) is 11.7. The van der Waals surface area contributed by atoms with Crippen molar-refractivity contribution in [3.63, 3.8) is 0 Å². The molecule has 0 aliphatic carbocycles. The van der Waals surface area contributed by atoms with Crippen LogP contribution in [0.2, 0.25) is 0 Å². The molecule has 0 aromatic rings. The molecule has 2 aliphatic rings. The van der Waals surface area contributed by atoms with Crippen molar-refractivity contribution in [3.8, 4) is 0 Å². The van der Waals surface area contributed by atoms with Crippen molar-refractivity contribution in [2.75, 3.05) is 46.3 Å². The molecule has 18 heavy (non-hydrogen) atoms. The second kappa shape index (κ2) is 6.98. The van der Waals surface area contributed by atoms with Gasteiger partial charge in [0.05, 0.1) is 0 Å². The topological polar surface area (TPSA) is 26.8 Å². The molecule has 0 N–H and O–H groups in total. The fraction of sp³-hybridized carbons (Fsp3) is 0.929. The largest absolute Gasteiger partial charge is 0.326 e. The smallest absolute Gasteiger partial charge is 0.319 e. The average Bonchev–Trinajstić information content (AvgIpc) is 2.75. The van der Waals surface area contributed by atoms with Gasteiger partial charge in [-0.1, -0.05) is 12.8 Å². The van der Waals surface area contributed by atoms with Crippen LogP contribution in [0, 0.1) is 0 Å². The first-order chi connectivity index (χ1) is 8.77. The van der Waals surface area contributed by atoms with Crippen LogP contribution in [0.5, 0.6) is 0 Å². The molecular formula is C14H27N3O. The van der Waals surface area contributed by atoms with Crippen LogP contribution in [-0.2, 0) is 0 Å². The molecule has 2 saturated heterocycles. The van der Waals surface area contributed by atoms with Crippen molar-refractivity contribution in [1.29, 1.82) is 0 Å². The monoisotopic (exact) mass is 253 g/mol.